The molecule has 112 valence electrons. The molecule has 0 radical (unpaired) electrons. The van der Waals surface area contributed by atoms with Gasteiger partial charge in [0.1, 0.15) is 5.82 Å². The SMILES string of the molecule is CC(C)c1cc(CO)cc(N2CCC(C(C)(C)C)C2)n1. The Labute approximate surface area is 123 Å². The van der Waals surface area contributed by atoms with Gasteiger partial charge in [-0.1, -0.05) is 34.6 Å². The molecule has 2 rings (SSSR count). The molecular weight excluding hydrogens is 248 g/mol. The van der Waals surface area contributed by atoms with Crippen LogP contribution in [0.3, 0.4) is 0 Å². The van der Waals surface area contributed by atoms with E-state index in [1.54, 1.807) is 0 Å². The van der Waals surface area contributed by atoms with Gasteiger partial charge in [-0.25, -0.2) is 4.98 Å². The number of hydrogen-bond acceptors (Lipinski definition) is 3. The van der Waals surface area contributed by atoms with Crippen molar-refractivity contribution < 1.29 is 5.11 Å². The van der Waals surface area contributed by atoms with E-state index in [4.69, 9.17) is 4.98 Å². The van der Waals surface area contributed by atoms with Crippen LogP contribution < -0.4 is 4.90 Å². The summed E-state index contributed by atoms with van der Waals surface area (Å²) in [4.78, 5) is 7.17. The summed E-state index contributed by atoms with van der Waals surface area (Å²) >= 11 is 0. The van der Waals surface area contributed by atoms with Crippen LogP contribution >= 0.6 is 0 Å². The second-order valence-electron chi connectivity index (χ2n) is 7.37. The van der Waals surface area contributed by atoms with Gasteiger partial charge in [-0.2, -0.15) is 0 Å². The van der Waals surface area contributed by atoms with Crippen LogP contribution in [0.2, 0.25) is 0 Å². The smallest absolute Gasteiger partial charge is 0.129 e. The molecule has 1 saturated heterocycles. The molecule has 1 fully saturated rings. The molecular formula is C17H28N2O. The molecule has 0 aromatic carbocycles. The second-order valence-corrected chi connectivity index (χ2v) is 7.37. The molecule has 0 amide bonds. The van der Waals surface area contributed by atoms with Crippen LogP contribution in [0.15, 0.2) is 12.1 Å². The van der Waals surface area contributed by atoms with E-state index in [1.165, 1.54) is 6.42 Å². The van der Waals surface area contributed by atoms with Crippen molar-refractivity contribution in [1.82, 2.24) is 4.98 Å². The first-order valence-corrected chi connectivity index (χ1v) is 7.68. The molecule has 1 unspecified atom stereocenters. The molecule has 0 aliphatic carbocycles. The predicted molar refractivity (Wildman–Crippen MR) is 84.0 cm³/mol. The standard InChI is InChI=1S/C17H28N2O/c1-12(2)15-8-13(11-20)9-16(18-15)19-7-6-14(10-19)17(3,4)5/h8-9,12,14,20H,6-7,10-11H2,1-5H3. The molecule has 1 aromatic rings. The van der Waals surface area contributed by atoms with Crippen LogP contribution in [-0.4, -0.2) is 23.2 Å². The Kier molecular flexibility index (Phi) is 4.38. The fourth-order valence-corrected chi connectivity index (χ4v) is 2.82. The Hall–Kier alpha value is -1.09. The highest BCUT2D eigenvalue weighted by molar-refractivity contribution is 5.44. The van der Waals surface area contributed by atoms with Gasteiger partial charge in [0.2, 0.25) is 0 Å². The van der Waals surface area contributed by atoms with E-state index < -0.39 is 0 Å². The lowest BCUT2D eigenvalue weighted by Crippen LogP contribution is -2.26. The first-order chi connectivity index (χ1) is 9.31. The fraction of sp³-hybridized carbons (Fsp3) is 0.706. The van der Waals surface area contributed by atoms with Gasteiger partial charge in [0.05, 0.1) is 6.61 Å². The van der Waals surface area contributed by atoms with E-state index in [0.717, 1.165) is 30.2 Å². The van der Waals surface area contributed by atoms with Gasteiger partial charge in [0.15, 0.2) is 0 Å². The zero-order valence-corrected chi connectivity index (χ0v) is 13.5. The zero-order valence-electron chi connectivity index (χ0n) is 13.5. The van der Waals surface area contributed by atoms with Gasteiger partial charge in [-0.05, 0) is 41.4 Å². The summed E-state index contributed by atoms with van der Waals surface area (Å²) in [6.07, 6.45) is 1.23. The van der Waals surface area contributed by atoms with Crippen molar-refractivity contribution in [2.75, 3.05) is 18.0 Å². The highest BCUT2D eigenvalue weighted by Gasteiger charge is 2.32. The molecule has 2 heterocycles. The minimum atomic E-state index is 0.0891. The summed E-state index contributed by atoms with van der Waals surface area (Å²) in [7, 11) is 0. The molecule has 20 heavy (non-hydrogen) atoms. The Morgan fingerprint density at radius 2 is 2.05 bits per heavy atom. The average molecular weight is 276 g/mol. The van der Waals surface area contributed by atoms with E-state index in [2.05, 4.69) is 39.5 Å². The third-order valence-corrected chi connectivity index (χ3v) is 4.40. The Bertz CT molecular complexity index is 463. The quantitative estimate of drug-likeness (QED) is 0.917. The highest BCUT2D eigenvalue weighted by Crippen LogP contribution is 2.35. The van der Waals surface area contributed by atoms with Crippen LogP contribution in [0.1, 0.15) is 58.2 Å². The van der Waals surface area contributed by atoms with E-state index in [9.17, 15) is 5.11 Å². The third-order valence-electron chi connectivity index (χ3n) is 4.40. The maximum Gasteiger partial charge on any atom is 0.129 e. The van der Waals surface area contributed by atoms with Crippen LogP contribution in [0, 0.1) is 11.3 Å². The maximum atomic E-state index is 9.45. The van der Waals surface area contributed by atoms with E-state index in [0.29, 0.717) is 17.3 Å². The van der Waals surface area contributed by atoms with Gasteiger partial charge < -0.3 is 10.0 Å². The lowest BCUT2D eigenvalue weighted by Gasteiger charge is -2.27. The molecule has 1 aliphatic rings. The van der Waals surface area contributed by atoms with Gasteiger partial charge >= 0.3 is 0 Å². The van der Waals surface area contributed by atoms with E-state index >= 15 is 0 Å². The first-order valence-electron chi connectivity index (χ1n) is 7.68. The number of aliphatic hydroxyl groups is 1. The van der Waals surface area contributed by atoms with Gasteiger partial charge in [-0.3, -0.25) is 0 Å². The minimum absolute atomic E-state index is 0.0891. The van der Waals surface area contributed by atoms with E-state index in [-0.39, 0.29) is 6.61 Å². The zero-order chi connectivity index (χ0) is 14.9. The minimum Gasteiger partial charge on any atom is -0.392 e. The van der Waals surface area contributed by atoms with Crippen molar-refractivity contribution >= 4 is 5.82 Å². The molecule has 1 atom stereocenters. The number of nitrogens with zero attached hydrogens (tertiary/aromatic N) is 2. The number of aliphatic hydroxyl groups excluding tert-OH is 1. The van der Waals surface area contributed by atoms with Crippen molar-refractivity contribution in [3.05, 3.63) is 23.4 Å². The highest BCUT2D eigenvalue weighted by atomic mass is 16.3. The monoisotopic (exact) mass is 276 g/mol. The molecule has 1 N–H and O–H groups in total. The largest absolute Gasteiger partial charge is 0.392 e. The molecule has 1 aliphatic heterocycles. The van der Waals surface area contributed by atoms with Crippen LogP contribution in [0.4, 0.5) is 5.82 Å². The lowest BCUT2D eigenvalue weighted by molar-refractivity contribution is 0.263. The predicted octanol–water partition coefficient (Wildman–Crippen LogP) is 3.57. The van der Waals surface area contributed by atoms with E-state index in [1.807, 2.05) is 12.1 Å². The van der Waals surface area contributed by atoms with Crippen LogP contribution in [-0.2, 0) is 6.61 Å². The molecule has 3 heteroatoms. The molecule has 3 nitrogen and oxygen atoms in total. The number of anilines is 1. The van der Waals surface area contributed by atoms with Gasteiger partial charge in [0, 0.05) is 18.8 Å². The number of pyridine rings is 1. The summed E-state index contributed by atoms with van der Waals surface area (Å²) in [6, 6.07) is 4.06. The number of rotatable bonds is 3. The summed E-state index contributed by atoms with van der Waals surface area (Å²) < 4.78 is 0. The molecule has 0 saturated carbocycles. The Morgan fingerprint density at radius 3 is 2.55 bits per heavy atom. The lowest BCUT2D eigenvalue weighted by atomic mass is 9.80. The molecule has 0 spiro atoms. The third kappa shape index (κ3) is 3.32. The van der Waals surface area contributed by atoms with Crippen molar-refractivity contribution in [2.24, 2.45) is 11.3 Å². The topological polar surface area (TPSA) is 36.4 Å². The molecule has 1 aromatic heterocycles. The van der Waals surface area contributed by atoms with Crippen LogP contribution in [0.5, 0.6) is 0 Å². The van der Waals surface area contributed by atoms with Gasteiger partial charge in [-0.15, -0.1) is 0 Å². The maximum absolute atomic E-state index is 9.45. The normalized spacial score (nSPS) is 19.9. The van der Waals surface area contributed by atoms with Gasteiger partial charge in [0.25, 0.3) is 0 Å². The van der Waals surface area contributed by atoms with Crippen molar-refractivity contribution in [1.29, 1.82) is 0 Å². The summed E-state index contributed by atoms with van der Waals surface area (Å²) in [6.45, 7) is 13.5. The van der Waals surface area contributed by atoms with Crippen LogP contribution in [0.25, 0.3) is 0 Å². The Balaban J connectivity index is 2.23. The summed E-state index contributed by atoms with van der Waals surface area (Å²) in [5.74, 6) is 2.14. The molecule has 0 bridgehead atoms. The van der Waals surface area contributed by atoms with Crippen molar-refractivity contribution in [3.8, 4) is 0 Å². The number of aromatic nitrogens is 1. The summed E-state index contributed by atoms with van der Waals surface area (Å²) in [5.41, 5.74) is 2.40. The first kappa shape index (κ1) is 15.3. The number of hydrogen-bond donors (Lipinski definition) is 1. The summed E-state index contributed by atoms with van der Waals surface area (Å²) in [5, 5.41) is 9.45. The van der Waals surface area contributed by atoms with Crippen molar-refractivity contribution in [2.45, 2.75) is 53.6 Å². The average Bonchev–Trinajstić information content (AvgIpc) is 2.87. The second kappa shape index (κ2) is 5.72. The van der Waals surface area contributed by atoms with Crippen molar-refractivity contribution in [3.63, 3.8) is 0 Å². The fourth-order valence-electron chi connectivity index (χ4n) is 2.82. The Morgan fingerprint density at radius 1 is 1.35 bits per heavy atom.